The average molecular weight is 266 g/mol. The fourth-order valence-electron chi connectivity index (χ4n) is 3.10. The molecule has 1 N–H and O–H groups in total. The van der Waals surface area contributed by atoms with Gasteiger partial charge in [-0.05, 0) is 51.4 Å². The molecule has 0 spiro atoms. The summed E-state index contributed by atoms with van der Waals surface area (Å²) in [6, 6.07) is -0.00167. The molecule has 0 unspecified atom stereocenters. The van der Waals surface area contributed by atoms with Gasteiger partial charge in [-0.2, -0.15) is 0 Å². The van der Waals surface area contributed by atoms with Gasteiger partial charge >= 0.3 is 0 Å². The summed E-state index contributed by atoms with van der Waals surface area (Å²) in [5.41, 5.74) is 0. The number of amides is 2. The van der Waals surface area contributed by atoms with Crippen LogP contribution in [-0.4, -0.2) is 35.3 Å². The summed E-state index contributed by atoms with van der Waals surface area (Å²) in [5, 5.41) is 3.12. The quantitative estimate of drug-likeness (QED) is 0.850. The van der Waals surface area contributed by atoms with E-state index in [1.54, 1.807) is 4.90 Å². The van der Waals surface area contributed by atoms with Crippen LogP contribution in [0.25, 0.3) is 0 Å². The molecule has 0 bridgehead atoms. The third-order valence-corrected chi connectivity index (χ3v) is 4.57. The van der Waals surface area contributed by atoms with Crippen LogP contribution in [0.3, 0.4) is 0 Å². The van der Waals surface area contributed by atoms with Gasteiger partial charge in [-0.3, -0.25) is 9.59 Å². The van der Waals surface area contributed by atoms with Crippen LogP contribution in [0, 0.1) is 5.92 Å². The molecule has 1 saturated carbocycles. The van der Waals surface area contributed by atoms with Gasteiger partial charge in [0.25, 0.3) is 0 Å². The Kier molecular flexibility index (Phi) is 4.83. The molecule has 2 rings (SSSR count). The Morgan fingerprint density at radius 3 is 2.58 bits per heavy atom. The van der Waals surface area contributed by atoms with Crippen molar-refractivity contribution in [1.82, 2.24) is 10.2 Å². The van der Waals surface area contributed by atoms with Gasteiger partial charge in [-0.25, -0.2) is 0 Å². The Hall–Kier alpha value is -1.06. The first-order valence-electron chi connectivity index (χ1n) is 7.67. The zero-order chi connectivity index (χ0) is 13.8. The number of hydrogen-bond donors (Lipinski definition) is 1. The number of nitrogens with zero attached hydrogens (tertiary/aromatic N) is 1. The molecule has 19 heavy (non-hydrogen) atoms. The van der Waals surface area contributed by atoms with Crippen molar-refractivity contribution >= 4 is 11.8 Å². The second-order valence-electron chi connectivity index (χ2n) is 6.19. The standard InChI is InChI=1S/C15H26N2O2/c1-11-6-8-13(9-7-11)16-15(19)12(2)17-10-4-3-5-14(17)18/h11-13H,3-10H2,1-2H3,(H,16,19)/t11?,12-,13?/m1/s1. The van der Waals surface area contributed by atoms with Gasteiger partial charge in [0.1, 0.15) is 6.04 Å². The number of hydrogen-bond acceptors (Lipinski definition) is 2. The van der Waals surface area contributed by atoms with E-state index in [1.807, 2.05) is 6.92 Å². The molecular weight excluding hydrogens is 240 g/mol. The summed E-state index contributed by atoms with van der Waals surface area (Å²) in [7, 11) is 0. The Morgan fingerprint density at radius 1 is 1.26 bits per heavy atom. The number of nitrogens with one attached hydrogen (secondary N) is 1. The molecule has 1 aliphatic carbocycles. The molecule has 1 heterocycles. The van der Waals surface area contributed by atoms with Crippen molar-refractivity contribution in [2.45, 2.75) is 70.9 Å². The van der Waals surface area contributed by atoms with Crippen molar-refractivity contribution in [2.24, 2.45) is 5.92 Å². The van der Waals surface area contributed by atoms with Crippen molar-refractivity contribution in [3.8, 4) is 0 Å². The molecule has 0 aromatic rings. The first-order valence-corrected chi connectivity index (χ1v) is 7.67. The Morgan fingerprint density at radius 2 is 1.95 bits per heavy atom. The highest BCUT2D eigenvalue weighted by Crippen LogP contribution is 2.23. The predicted molar refractivity (Wildman–Crippen MR) is 74.6 cm³/mol. The summed E-state index contributed by atoms with van der Waals surface area (Å²) in [5.74, 6) is 0.940. The topological polar surface area (TPSA) is 49.4 Å². The summed E-state index contributed by atoms with van der Waals surface area (Å²) in [6.45, 7) is 4.85. The second-order valence-corrected chi connectivity index (χ2v) is 6.19. The lowest BCUT2D eigenvalue weighted by Crippen LogP contribution is -2.52. The molecule has 1 aliphatic heterocycles. The van der Waals surface area contributed by atoms with Crippen molar-refractivity contribution < 1.29 is 9.59 Å². The Bertz CT molecular complexity index is 335. The van der Waals surface area contributed by atoms with E-state index in [2.05, 4.69) is 12.2 Å². The van der Waals surface area contributed by atoms with E-state index < -0.39 is 0 Å². The van der Waals surface area contributed by atoms with E-state index in [1.165, 1.54) is 12.8 Å². The third-order valence-electron chi connectivity index (χ3n) is 4.57. The van der Waals surface area contributed by atoms with Crippen LogP contribution in [0.5, 0.6) is 0 Å². The second kappa shape index (κ2) is 6.40. The molecular formula is C15H26N2O2. The minimum Gasteiger partial charge on any atom is -0.352 e. The minimum atomic E-state index is -0.313. The van der Waals surface area contributed by atoms with Gasteiger partial charge in [0.15, 0.2) is 0 Å². The van der Waals surface area contributed by atoms with Gasteiger partial charge in [0, 0.05) is 19.0 Å². The summed E-state index contributed by atoms with van der Waals surface area (Å²) < 4.78 is 0. The highest BCUT2D eigenvalue weighted by Gasteiger charge is 2.29. The van der Waals surface area contributed by atoms with E-state index in [0.717, 1.165) is 38.1 Å². The van der Waals surface area contributed by atoms with Crippen molar-refractivity contribution in [3.05, 3.63) is 0 Å². The number of carbonyl (C=O) groups is 2. The first kappa shape index (κ1) is 14.4. The van der Waals surface area contributed by atoms with Crippen LogP contribution in [0.4, 0.5) is 0 Å². The average Bonchev–Trinajstić information content (AvgIpc) is 2.41. The molecule has 2 fully saturated rings. The lowest BCUT2D eigenvalue weighted by atomic mass is 9.87. The van der Waals surface area contributed by atoms with E-state index in [-0.39, 0.29) is 17.9 Å². The predicted octanol–water partition coefficient (Wildman–Crippen LogP) is 2.08. The molecule has 2 amide bonds. The van der Waals surface area contributed by atoms with E-state index >= 15 is 0 Å². The molecule has 1 saturated heterocycles. The number of piperidine rings is 1. The maximum Gasteiger partial charge on any atom is 0.242 e. The highest BCUT2D eigenvalue weighted by molar-refractivity contribution is 5.87. The van der Waals surface area contributed by atoms with Gasteiger partial charge < -0.3 is 10.2 Å². The van der Waals surface area contributed by atoms with Crippen molar-refractivity contribution in [2.75, 3.05) is 6.54 Å². The maximum absolute atomic E-state index is 12.2. The molecule has 1 atom stereocenters. The van der Waals surface area contributed by atoms with Gasteiger partial charge in [-0.1, -0.05) is 6.92 Å². The van der Waals surface area contributed by atoms with Crippen LogP contribution in [0.2, 0.25) is 0 Å². The lowest BCUT2D eigenvalue weighted by molar-refractivity contribution is -0.142. The first-order chi connectivity index (χ1) is 9.08. The van der Waals surface area contributed by atoms with Gasteiger partial charge in [0.05, 0.1) is 0 Å². The minimum absolute atomic E-state index is 0.0230. The van der Waals surface area contributed by atoms with Crippen molar-refractivity contribution in [1.29, 1.82) is 0 Å². The Labute approximate surface area is 115 Å². The molecule has 0 radical (unpaired) electrons. The fourth-order valence-corrected chi connectivity index (χ4v) is 3.10. The van der Waals surface area contributed by atoms with Gasteiger partial charge in [0.2, 0.25) is 11.8 Å². The highest BCUT2D eigenvalue weighted by atomic mass is 16.2. The van der Waals surface area contributed by atoms with Crippen LogP contribution in [0.1, 0.15) is 58.8 Å². The zero-order valence-electron chi connectivity index (χ0n) is 12.2. The lowest BCUT2D eigenvalue weighted by Gasteiger charge is -2.34. The molecule has 2 aliphatic rings. The molecule has 0 aromatic heterocycles. The molecule has 4 nitrogen and oxygen atoms in total. The maximum atomic E-state index is 12.2. The van der Waals surface area contributed by atoms with E-state index in [9.17, 15) is 9.59 Å². The monoisotopic (exact) mass is 266 g/mol. The summed E-state index contributed by atoms with van der Waals surface area (Å²) >= 11 is 0. The van der Waals surface area contributed by atoms with Crippen LogP contribution in [0.15, 0.2) is 0 Å². The summed E-state index contributed by atoms with van der Waals surface area (Å²) in [4.78, 5) is 25.8. The normalized spacial score (nSPS) is 30.0. The van der Waals surface area contributed by atoms with Gasteiger partial charge in [-0.15, -0.1) is 0 Å². The Balaban J connectivity index is 1.83. The van der Waals surface area contributed by atoms with Crippen LogP contribution in [-0.2, 0) is 9.59 Å². The smallest absolute Gasteiger partial charge is 0.242 e. The fraction of sp³-hybridized carbons (Fsp3) is 0.867. The van der Waals surface area contributed by atoms with Crippen LogP contribution < -0.4 is 5.32 Å². The largest absolute Gasteiger partial charge is 0.352 e. The number of rotatable bonds is 3. The molecule has 108 valence electrons. The number of carbonyl (C=O) groups excluding carboxylic acids is 2. The zero-order valence-corrected chi connectivity index (χ0v) is 12.2. The van der Waals surface area contributed by atoms with E-state index in [4.69, 9.17) is 0 Å². The molecule has 4 heteroatoms. The SMILES string of the molecule is CC1CCC(NC(=O)[C@@H](C)N2CCCCC2=O)CC1. The van der Waals surface area contributed by atoms with Crippen molar-refractivity contribution in [3.63, 3.8) is 0 Å². The molecule has 0 aromatic carbocycles. The third kappa shape index (κ3) is 3.71. The van der Waals surface area contributed by atoms with Crippen LogP contribution >= 0.6 is 0 Å². The summed E-state index contributed by atoms with van der Waals surface area (Å²) in [6.07, 6.45) is 7.12. The van der Waals surface area contributed by atoms with E-state index in [0.29, 0.717) is 12.5 Å². The number of likely N-dealkylation sites (tertiary alicyclic amines) is 1.